The molecule has 0 radical (unpaired) electrons. The Labute approximate surface area is 126 Å². The van der Waals surface area contributed by atoms with E-state index in [2.05, 4.69) is 24.3 Å². The molecule has 4 heteroatoms. The summed E-state index contributed by atoms with van der Waals surface area (Å²) in [6.07, 6.45) is 3.87. The summed E-state index contributed by atoms with van der Waals surface area (Å²) >= 11 is 0.462. The Morgan fingerprint density at radius 3 is 2.60 bits per heavy atom. The fourth-order valence-corrected chi connectivity index (χ4v) is 4.03. The Balaban J connectivity index is 1.80. The molecule has 0 atom stereocenters. The van der Waals surface area contributed by atoms with Gasteiger partial charge in [0.05, 0.1) is 0 Å². The van der Waals surface area contributed by atoms with E-state index in [1.807, 2.05) is 6.07 Å². The molecule has 1 aromatic rings. The topological polar surface area (TPSA) is 37.4 Å². The van der Waals surface area contributed by atoms with Gasteiger partial charge >= 0.3 is 126 Å². The molecule has 0 spiro atoms. The number of hydrogen-bond donors (Lipinski definition) is 0. The molecule has 0 fully saturated rings. The van der Waals surface area contributed by atoms with E-state index in [0.717, 1.165) is 24.0 Å². The van der Waals surface area contributed by atoms with Crippen LogP contribution >= 0.6 is 0 Å². The average molecular weight is 336 g/mol. The van der Waals surface area contributed by atoms with Crippen molar-refractivity contribution in [2.24, 2.45) is 0 Å². The van der Waals surface area contributed by atoms with Crippen LogP contribution < -0.4 is 4.46 Å². The normalized spacial score (nSPS) is 14.2. The van der Waals surface area contributed by atoms with E-state index in [1.165, 1.54) is 4.46 Å². The first-order valence-corrected chi connectivity index (χ1v) is 8.93. The summed E-state index contributed by atoms with van der Waals surface area (Å²) in [5.74, 6) is 0.179. The van der Waals surface area contributed by atoms with Crippen LogP contribution in [0.25, 0.3) is 0 Å². The molecular weight excluding hydrogens is 317 g/mol. The van der Waals surface area contributed by atoms with Gasteiger partial charge in [0.2, 0.25) is 0 Å². The molecule has 0 aromatic heterocycles. The molecule has 2 rings (SSSR count). The SMILES string of the molecule is CC(=O)N(CCC[Se]c1ccccc1)C1=CC(=O)CC1. The first-order chi connectivity index (χ1) is 9.66. The number of benzene rings is 1. The number of rotatable bonds is 6. The molecule has 1 aliphatic carbocycles. The first-order valence-electron chi connectivity index (χ1n) is 6.86. The van der Waals surface area contributed by atoms with Gasteiger partial charge in [-0.25, -0.2) is 0 Å². The second kappa shape index (κ2) is 7.41. The van der Waals surface area contributed by atoms with Crippen LogP contribution in [0, 0.1) is 0 Å². The Hall–Kier alpha value is -1.38. The zero-order chi connectivity index (χ0) is 14.4. The minimum absolute atomic E-state index is 0.0400. The molecule has 0 aliphatic heterocycles. The van der Waals surface area contributed by atoms with Crippen molar-refractivity contribution in [2.75, 3.05) is 6.54 Å². The van der Waals surface area contributed by atoms with Gasteiger partial charge in [-0.1, -0.05) is 0 Å². The van der Waals surface area contributed by atoms with Crippen LogP contribution in [-0.2, 0) is 9.59 Å². The Kier molecular flexibility index (Phi) is 5.57. The number of carbonyl (C=O) groups is 2. The Morgan fingerprint density at radius 1 is 1.25 bits per heavy atom. The quantitative estimate of drug-likeness (QED) is 0.588. The third-order valence-corrected chi connectivity index (χ3v) is 5.52. The predicted molar refractivity (Wildman–Crippen MR) is 81.0 cm³/mol. The van der Waals surface area contributed by atoms with E-state index in [0.29, 0.717) is 27.8 Å². The summed E-state index contributed by atoms with van der Waals surface area (Å²) in [5.41, 5.74) is 0.898. The van der Waals surface area contributed by atoms with Crippen molar-refractivity contribution >= 4 is 31.1 Å². The van der Waals surface area contributed by atoms with Crippen LogP contribution in [0.5, 0.6) is 0 Å². The van der Waals surface area contributed by atoms with Gasteiger partial charge in [-0.05, 0) is 0 Å². The summed E-state index contributed by atoms with van der Waals surface area (Å²) in [6.45, 7) is 2.30. The minimum atomic E-state index is 0.0400. The molecular formula is C16H19NO2Se. The van der Waals surface area contributed by atoms with Crippen molar-refractivity contribution in [2.45, 2.75) is 31.5 Å². The zero-order valence-electron chi connectivity index (χ0n) is 11.7. The van der Waals surface area contributed by atoms with E-state index in [9.17, 15) is 9.59 Å². The van der Waals surface area contributed by atoms with Crippen LogP contribution in [0.2, 0.25) is 5.32 Å². The number of nitrogens with zero attached hydrogens (tertiary/aromatic N) is 1. The van der Waals surface area contributed by atoms with Crippen LogP contribution in [-0.4, -0.2) is 38.1 Å². The number of hydrogen-bond acceptors (Lipinski definition) is 2. The van der Waals surface area contributed by atoms with Crippen molar-refractivity contribution in [3.8, 4) is 0 Å². The van der Waals surface area contributed by atoms with Crippen molar-refractivity contribution < 1.29 is 9.59 Å². The maximum absolute atomic E-state index is 11.7. The molecule has 106 valence electrons. The van der Waals surface area contributed by atoms with E-state index in [1.54, 1.807) is 17.9 Å². The molecule has 0 unspecified atom stereocenters. The average Bonchev–Trinajstić information content (AvgIpc) is 2.85. The van der Waals surface area contributed by atoms with Crippen LogP contribution in [0.3, 0.4) is 0 Å². The monoisotopic (exact) mass is 337 g/mol. The second-order valence-electron chi connectivity index (χ2n) is 4.79. The van der Waals surface area contributed by atoms with Gasteiger partial charge in [-0.3, -0.25) is 0 Å². The number of allylic oxidation sites excluding steroid dienone is 2. The van der Waals surface area contributed by atoms with Gasteiger partial charge in [0.15, 0.2) is 0 Å². The molecule has 0 heterocycles. The number of carbonyl (C=O) groups excluding carboxylic acids is 2. The molecule has 1 aromatic carbocycles. The van der Waals surface area contributed by atoms with Crippen molar-refractivity contribution in [1.29, 1.82) is 0 Å². The number of ketones is 1. The van der Waals surface area contributed by atoms with Crippen molar-refractivity contribution in [1.82, 2.24) is 4.90 Å². The molecule has 0 N–H and O–H groups in total. The molecule has 20 heavy (non-hydrogen) atoms. The van der Waals surface area contributed by atoms with Crippen LogP contribution in [0.15, 0.2) is 42.1 Å². The van der Waals surface area contributed by atoms with E-state index >= 15 is 0 Å². The molecule has 3 nitrogen and oxygen atoms in total. The second-order valence-corrected chi connectivity index (χ2v) is 7.24. The Morgan fingerprint density at radius 2 is 2.00 bits per heavy atom. The van der Waals surface area contributed by atoms with Gasteiger partial charge in [0.25, 0.3) is 0 Å². The first kappa shape index (κ1) is 15.0. The molecule has 0 saturated carbocycles. The van der Waals surface area contributed by atoms with Gasteiger partial charge in [-0.15, -0.1) is 0 Å². The zero-order valence-corrected chi connectivity index (χ0v) is 13.4. The van der Waals surface area contributed by atoms with E-state index < -0.39 is 0 Å². The van der Waals surface area contributed by atoms with E-state index in [-0.39, 0.29) is 11.7 Å². The fraction of sp³-hybridized carbons (Fsp3) is 0.375. The standard InChI is InChI=1S/C16H19NO2Se/c1-13(18)17(14-8-9-15(19)12-14)10-5-11-20-16-6-3-2-4-7-16/h2-4,6-7,12H,5,8-11H2,1H3. The molecule has 0 bridgehead atoms. The van der Waals surface area contributed by atoms with Gasteiger partial charge in [0, 0.05) is 0 Å². The predicted octanol–water partition coefficient (Wildman–Crippen LogP) is 1.92. The van der Waals surface area contributed by atoms with Gasteiger partial charge in [0.1, 0.15) is 0 Å². The molecule has 0 saturated heterocycles. The van der Waals surface area contributed by atoms with Gasteiger partial charge < -0.3 is 0 Å². The fourth-order valence-electron chi connectivity index (χ4n) is 2.23. The molecule has 1 amide bonds. The van der Waals surface area contributed by atoms with E-state index in [4.69, 9.17) is 0 Å². The summed E-state index contributed by atoms with van der Waals surface area (Å²) in [5, 5.41) is 1.11. The van der Waals surface area contributed by atoms with Gasteiger partial charge in [-0.2, -0.15) is 0 Å². The van der Waals surface area contributed by atoms with Crippen molar-refractivity contribution in [3.05, 3.63) is 42.1 Å². The summed E-state index contributed by atoms with van der Waals surface area (Å²) in [4.78, 5) is 24.7. The summed E-state index contributed by atoms with van der Waals surface area (Å²) in [6, 6.07) is 10.5. The third-order valence-electron chi connectivity index (χ3n) is 3.22. The third kappa shape index (κ3) is 4.32. The Bertz CT molecular complexity index is 510. The summed E-state index contributed by atoms with van der Waals surface area (Å²) in [7, 11) is 0. The maximum atomic E-state index is 11.7. The molecule has 1 aliphatic rings. The number of amides is 1. The summed E-state index contributed by atoms with van der Waals surface area (Å²) < 4.78 is 1.39. The van der Waals surface area contributed by atoms with Crippen LogP contribution in [0.1, 0.15) is 26.2 Å². The van der Waals surface area contributed by atoms with Crippen molar-refractivity contribution in [3.63, 3.8) is 0 Å². The van der Waals surface area contributed by atoms with Crippen LogP contribution in [0.4, 0.5) is 0 Å².